The minimum atomic E-state index is 0. The van der Waals surface area contributed by atoms with E-state index in [0.717, 1.165) is 29.8 Å². The first kappa shape index (κ1) is 23.4. The van der Waals surface area contributed by atoms with Crippen LogP contribution in [0.3, 0.4) is 0 Å². The number of benzene rings is 2. The third-order valence-corrected chi connectivity index (χ3v) is 5.78. The molecular formula is C25H28ClN5O. The van der Waals surface area contributed by atoms with Crippen molar-refractivity contribution in [2.75, 3.05) is 11.4 Å². The van der Waals surface area contributed by atoms with Gasteiger partial charge < -0.3 is 14.8 Å². The minimum Gasteiger partial charge on any atom is -0.363 e. The van der Waals surface area contributed by atoms with Crippen molar-refractivity contribution >= 4 is 24.0 Å². The van der Waals surface area contributed by atoms with E-state index in [1.165, 1.54) is 5.56 Å². The lowest BCUT2D eigenvalue weighted by molar-refractivity contribution is -0.134. The van der Waals surface area contributed by atoms with Crippen LogP contribution < -0.4 is 4.90 Å². The van der Waals surface area contributed by atoms with E-state index in [2.05, 4.69) is 33.1 Å². The fraction of sp³-hybridized carbons (Fsp3) is 0.320. The Labute approximate surface area is 195 Å². The third kappa shape index (κ3) is 5.30. The topological polar surface area (TPSA) is 76.0 Å². The molecule has 4 rings (SSSR count). The minimum absolute atomic E-state index is 0. The first-order valence-corrected chi connectivity index (χ1v) is 10.8. The Morgan fingerprint density at radius 3 is 2.75 bits per heavy atom. The van der Waals surface area contributed by atoms with Crippen LogP contribution in [-0.4, -0.2) is 33.4 Å². The normalized spacial score (nSPS) is 15.3. The van der Waals surface area contributed by atoms with E-state index in [0.29, 0.717) is 31.6 Å². The lowest BCUT2D eigenvalue weighted by atomic mass is 10.0. The number of fused-ring (bicyclic) bond motifs is 1. The monoisotopic (exact) mass is 449 g/mol. The molecule has 166 valence electrons. The molecule has 0 saturated carbocycles. The number of carbonyl (C=O) groups excluding carboxylic acids is 1. The van der Waals surface area contributed by atoms with Gasteiger partial charge in [-0.3, -0.25) is 4.79 Å². The average molecular weight is 450 g/mol. The Morgan fingerprint density at radius 1 is 1.25 bits per heavy atom. The molecule has 6 nitrogen and oxygen atoms in total. The Balaban J connectivity index is 0.00000289. The Morgan fingerprint density at radius 2 is 2.06 bits per heavy atom. The molecule has 1 amide bonds. The molecule has 1 aromatic heterocycles. The molecular weight excluding hydrogens is 422 g/mol. The second kappa shape index (κ2) is 10.8. The number of nitrogens with zero attached hydrogens (tertiary/aromatic N) is 4. The zero-order valence-corrected chi connectivity index (χ0v) is 19.0. The zero-order valence-electron chi connectivity index (χ0n) is 18.2. The number of hydrogen-bond acceptors (Lipinski definition) is 4. The van der Waals surface area contributed by atoms with E-state index < -0.39 is 0 Å². The van der Waals surface area contributed by atoms with Gasteiger partial charge in [0.15, 0.2) is 0 Å². The molecule has 0 bridgehead atoms. The highest BCUT2D eigenvalue weighted by Crippen LogP contribution is 2.31. The summed E-state index contributed by atoms with van der Waals surface area (Å²) in [5, 5.41) is 9.43. The first-order valence-electron chi connectivity index (χ1n) is 10.8. The van der Waals surface area contributed by atoms with Crippen LogP contribution in [0.2, 0.25) is 0 Å². The smallest absolute Gasteiger partial charge is 0.223 e. The molecule has 0 unspecified atom stereocenters. The molecule has 2 aromatic carbocycles. The van der Waals surface area contributed by atoms with Crippen LogP contribution in [0.4, 0.5) is 5.69 Å². The second-order valence-corrected chi connectivity index (χ2v) is 8.03. The number of nitrogens with one attached hydrogen (secondary N) is 1. The Bertz CT molecular complexity index is 1060. The fourth-order valence-electron chi connectivity index (χ4n) is 4.29. The van der Waals surface area contributed by atoms with Crippen molar-refractivity contribution in [1.82, 2.24) is 14.9 Å². The van der Waals surface area contributed by atoms with E-state index in [-0.39, 0.29) is 24.4 Å². The number of anilines is 1. The highest BCUT2D eigenvalue weighted by Gasteiger charge is 2.31. The van der Waals surface area contributed by atoms with Crippen molar-refractivity contribution in [1.29, 1.82) is 5.26 Å². The van der Waals surface area contributed by atoms with Crippen LogP contribution >= 0.6 is 12.4 Å². The molecule has 1 N–H and O–H groups in total. The molecule has 0 radical (unpaired) electrons. The maximum Gasteiger partial charge on any atom is 0.223 e. The summed E-state index contributed by atoms with van der Waals surface area (Å²) in [6.45, 7) is 3.93. The molecule has 0 saturated heterocycles. The van der Waals surface area contributed by atoms with Crippen LogP contribution in [0.25, 0.3) is 0 Å². The zero-order chi connectivity index (χ0) is 21.6. The van der Waals surface area contributed by atoms with Gasteiger partial charge in [0.05, 0.1) is 36.2 Å². The fourth-order valence-corrected chi connectivity index (χ4v) is 4.29. The van der Waals surface area contributed by atoms with E-state index >= 15 is 0 Å². The summed E-state index contributed by atoms with van der Waals surface area (Å²) < 4.78 is 0. The average Bonchev–Trinajstić information content (AvgIpc) is 3.25. The number of hydrogen-bond donors (Lipinski definition) is 1. The summed E-state index contributed by atoms with van der Waals surface area (Å²) in [6.07, 6.45) is 5.65. The predicted molar refractivity (Wildman–Crippen MR) is 127 cm³/mol. The van der Waals surface area contributed by atoms with Crippen LogP contribution in [0.15, 0.2) is 61.1 Å². The van der Waals surface area contributed by atoms with E-state index in [1.807, 2.05) is 54.4 Å². The van der Waals surface area contributed by atoms with Gasteiger partial charge in [-0.25, -0.2) is 4.98 Å². The third-order valence-electron chi connectivity index (χ3n) is 5.78. The van der Waals surface area contributed by atoms with E-state index in [1.54, 1.807) is 6.33 Å². The first-order chi connectivity index (χ1) is 15.2. The van der Waals surface area contributed by atoms with Gasteiger partial charge >= 0.3 is 0 Å². The highest BCUT2D eigenvalue weighted by molar-refractivity contribution is 5.85. The standard InChI is InChI=1S/C25H27N5O.ClH/c1-2-6-25(31)30-15-21-11-20(13-26)9-10-24(21)29(16-22-14-27-18-28-22)17-23(30)12-19-7-4-3-5-8-19;/h3-5,7-11,14,18,23H,2,6,12,15-17H2,1H3,(H,27,28);1H/t23-;/m1./s1. The lowest BCUT2D eigenvalue weighted by Crippen LogP contribution is -2.45. The van der Waals surface area contributed by atoms with Gasteiger partial charge in [0.25, 0.3) is 0 Å². The summed E-state index contributed by atoms with van der Waals surface area (Å²) in [5.41, 5.74) is 4.93. The summed E-state index contributed by atoms with van der Waals surface area (Å²) >= 11 is 0. The molecule has 0 fully saturated rings. The summed E-state index contributed by atoms with van der Waals surface area (Å²) in [7, 11) is 0. The molecule has 1 aliphatic rings. The summed E-state index contributed by atoms with van der Waals surface area (Å²) in [6, 6.07) is 18.4. The van der Waals surface area contributed by atoms with E-state index in [4.69, 9.17) is 0 Å². The van der Waals surface area contributed by atoms with Gasteiger partial charge in [-0.05, 0) is 42.2 Å². The maximum atomic E-state index is 13.2. The lowest BCUT2D eigenvalue weighted by Gasteiger charge is -2.33. The Kier molecular flexibility index (Phi) is 7.91. The number of H-pyrrole nitrogens is 1. The quantitative estimate of drug-likeness (QED) is 0.602. The number of aromatic amines is 1. The molecule has 3 aromatic rings. The molecule has 7 heteroatoms. The van der Waals surface area contributed by atoms with Crippen LogP contribution in [0.5, 0.6) is 0 Å². The van der Waals surface area contributed by atoms with Crippen molar-refractivity contribution in [2.45, 2.75) is 45.3 Å². The molecule has 1 atom stereocenters. The number of amides is 1. The highest BCUT2D eigenvalue weighted by atomic mass is 35.5. The molecule has 0 spiro atoms. The van der Waals surface area contributed by atoms with E-state index in [9.17, 15) is 10.1 Å². The molecule has 1 aliphatic heterocycles. The van der Waals surface area contributed by atoms with Gasteiger partial charge in [-0.1, -0.05) is 37.3 Å². The van der Waals surface area contributed by atoms with Gasteiger partial charge in [0.1, 0.15) is 0 Å². The number of aromatic nitrogens is 2. The van der Waals surface area contributed by atoms with Crippen molar-refractivity contribution in [3.05, 3.63) is 83.4 Å². The van der Waals surface area contributed by atoms with Gasteiger partial charge in [-0.2, -0.15) is 5.26 Å². The second-order valence-electron chi connectivity index (χ2n) is 8.03. The number of carbonyl (C=O) groups is 1. The number of rotatable bonds is 6. The Hall–Kier alpha value is -3.30. The number of halogens is 1. The van der Waals surface area contributed by atoms with Crippen molar-refractivity contribution in [2.24, 2.45) is 0 Å². The molecule has 0 aliphatic carbocycles. The SMILES string of the molecule is CCCC(=O)N1Cc2cc(C#N)ccc2N(Cc2cnc[nH]2)C[C@H]1Cc1ccccc1.Cl. The van der Waals surface area contributed by atoms with Crippen LogP contribution in [-0.2, 0) is 24.3 Å². The molecule has 2 heterocycles. The number of imidazole rings is 1. The van der Waals surface area contributed by atoms with Crippen molar-refractivity contribution in [3.8, 4) is 6.07 Å². The van der Waals surface area contributed by atoms with Crippen LogP contribution in [0.1, 0.15) is 42.1 Å². The maximum absolute atomic E-state index is 13.2. The number of nitriles is 1. The van der Waals surface area contributed by atoms with Gasteiger partial charge in [0.2, 0.25) is 5.91 Å². The summed E-state index contributed by atoms with van der Waals surface area (Å²) in [5.74, 6) is 0.167. The van der Waals surface area contributed by atoms with Gasteiger partial charge in [0, 0.05) is 31.4 Å². The predicted octanol–water partition coefficient (Wildman–Crippen LogP) is 4.46. The van der Waals surface area contributed by atoms with Gasteiger partial charge in [-0.15, -0.1) is 12.4 Å². The molecule has 32 heavy (non-hydrogen) atoms. The summed E-state index contributed by atoms with van der Waals surface area (Å²) in [4.78, 5) is 24.8. The van der Waals surface area contributed by atoms with Crippen molar-refractivity contribution < 1.29 is 4.79 Å². The van der Waals surface area contributed by atoms with Crippen molar-refractivity contribution in [3.63, 3.8) is 0 Å². The van der Waals surface area contributed by atoms with Crippen LogP contribution in [0, 0.1) is 11.3 Å². The largest absolute Gasteiger partial charge is 0.363 e.